The van der Waals surface area contributed by atoms with Gasteiger partial charge in [-0.3, -0.25) is 0 Å². The summed E-state index contributed by atoms with van der Waals surface area (Å²) in [5.74, 6) is 0. The number of nitrogens with zero attached hydrogens (tertiary/aromatic N) is 2. The Kier molecular flexibility index (Phi) is 5.51. The van der Waals surface area contributed by atoms with Crippen molar-refractivity contribution < 1.29 is 4.79 Å². The lowest BCUT2D eigenvalue weighted by atomic mass is 10.2. The topological polar surface area (TPSA) is 23.6 Å². The first kappa shape index (κ1) is 11.3. The van der Waals surface area contributed by atoms with Crippen LogP contribution < -0.4 is 0 Å². The summed E-state index contributed by atoms with van der Waals surface area (Å²) < 4.78 is 0. The lowest BCUT2D eigenvalue weighted by Gasteiger charge is -2.21. The van der Waals surface area contributed by atoms with Gasteiger partial charge in [0, 0.05) is 27.7 Å². The van der Waals surface area contributed by atoms with Gasteiger partial charge in [0.15, 0.2) is 0 Å². The van der Waals surface area contributed by atoms with Crippen LogP contribution in [0, 0.1) is 0 Å². The molecule has 0 aromatic carbocycles. The maximum absolute atomic E-state index is 11.3. The summed E-state index contributed by atoms with van der Waals surface area (Å²) in [6.45, 7) is 3.03. The van der Waals surface area contributed by atoms with Crippen molar-refractivity contribution in [3.05, 3.63) is 0 Å². The van der Waals surface area contributed by atoms with E-state index in [0.29, 0.717) is 0 Å². The van der Waals surface area contributed by atoms with Crippen LogP contribution in [0.15, 0.2) is 0 Å². The van der Waals surface area contributed by atoms with E-state index in [1.807, 2.05) is 7.05 Å². The van der Waals surface area contributed by atoms with Crippen molar-refractivity contribution >= 4 is 6.03 Å². The molecule has 0 spiro atoms. The third-order valence-corrected chi connectivity index (χ3v) is 1.81. The third-order valence-electron chi connectivity index (χ3n) is 1.81. The van der Waals surface area contributed by atoms with Crippen LogP contribution in [-0.2, 0) is 0 Å². The molecule has 0 aliphatic rings. The minimum absolute atomic E-state index is 0.0890. The van der Waals surface area contributed by atoms with Gasteiger partial charge in [0.05, 0.1) is 0 Å². The molecule has 0 heterocycles. The van der Waals surface area contributed by atoms with Crippen LogP contribution in [0.25, 0.3) is 0 Å². The summed E-state index contributed by atoms with van der Waals surface area (Å²) in [5, 5.41) is 0. The Morgan fingerprint density at radius 1 is 1.17 bits per heavy atom. The third kappa shape index (κ3) is 4.21. The maximum Gasteiger partial charge on any atom is 0.319 e. The second-order valence-corrected chi connectivity index (χ2v) is 3.31. The average Bonchev–Trinajstić information content (AvgIpc) is 2.03. The van der Waals surface area contributed by atoms with Crippen molar-refractivity contribution in [1.82, 2.24) is 9.80 Å². The number of amides is 2. The van der Waals surface area contributed by atoms with Crippen molar-refractivity contribution in [2.45, 2.75) is 26.2 Å². The van der Waals surface area contributed by atoms with Gasteiger partial charge < -0.3 is 9.80 Å². The lowest BCUT2D eigenvalue weighted by Crippen LogP contribution is -2.36. The fourth-order valence-corrected chi connectivity index (χ4v) is 1.04. The van der Waals surface area contributed by atoms with Gasteiger partial charge in [-0.25, -0.2) is 4.79 Å². The number of unbranched alkanes of at least 4 members (excludes halogenated alkanes) is 2. The van der Waals surface area contributed by atoms with E-state index >= 15 is 0 Å². The molecule has 0 aliphatic carbocycles. The maximum atomic E-state index is 11.3. The zero-order chi connectivity index (χ0) is 9.56. The molecule has 0 radical (unpaired) electrons. The molecule has 0 aromatic rings. The Morgan fingerprint density at radius 2 is 1.75 bits per heavy atom. The van der Waals surface area contributed by atoms with Crippen molar-refractivity contribution in [3.8, 4) is 0 Å². The van der Waals surface area contributed by atoms with Gasteiger partial charge >= 0.3 is 6.03 Å². The normalized spacial score (nSPS) is 9.67. The molecular weight excluding hydrogens is 152 g/mol. The van der Waals surface area contributed by atoms with Gasteiger partial charge in [0.25, 0.3) is 0 Å². The second kappa shape index (κ2) is 5.86. The molecule has 0 saturated heterocycles. The van der Waals surface area contributed by atoms with E-state index in [9.17, 15) is 4.79 Å². The summed E-state index contributed by atoms with van der Waals surface area (Å²) in [5.41, 5.74) is 0. The molecule has 0 unspecified atom stereocenters. The average molecular weight is 172 g/mol. The van der Waals surface area contributed by atoms with Gasteiger partial charge in [-0.2, -0.15) is 0 Å². The Morgan fingerprint density at radius 3 is 2.17 bits per heavy atom. The van der Waals surface area contributed by atoms with Gasteiger partial charge in [-0.1, -0.05) is 19.8 Å². The van der Waals surface area contributed by atoms with Crippen LogP contribution >= 0.6 is 0 Å². The van der Waals surface area contributed by atoms with E-state index in [0.717, 1.165) is 13.0 Å². The minimum atomic E-state index is 0.0890. The summed E-state index contributed by atoms with van der Waals surface area (Å²) >= 11 is 0. The molecule has 0 saturated carbocycles. The van der Waals surface area contributed by atoms with Crippen LogP contribution in [0.2, 0.25) is 0 Å². The first-order valence-corrected chi connectivity index (χ1v) is 4.52. The number of urea groups is 1. The quantitative estimate of drug-likeness (QED) is 0.593. The highest BCUT2D eigenvalue weighted by Gasteiger charge is 2.08. The summed E-state index contributed by atoms with van der Waals surface area (Å²) in [6.07, 6.45) is 3.50. The SMILES string of the molecule is CCCCCN(C)C(=O)N(C)C. The number of hydrogen-bond donors (Lipinski definition) is 0. The van der Waals surface area contributed by atoms with Crippen molar-refractivity contribution in [1.29, 1.82) is 0 Å². The zero-order valence-electron chi connectivity index (χ0n) is 8.63. The summed E-state index contributed by atoms with van der Waals surface area (Å²) in [4.78, 5) is 14.7. The highest BCUT2D eigenvalue weighted by atomic mass is 16.2. The minimum Gasteiger partial charge on any atom is -0.331 e. The molecule has 12 heavy (non-hydrogen) atoms. The van der Waals surface area contributed by atoms with Crippen LogP contribution in [0.4, 0.5) is 4.79 Å². The van der Waals surface area contributed by atoms with Crippen molar-refractivity contribution in [2.75, 3.05) is 27.7 Å². The molecule has 72 valence electrons. The van der Waals surface area contributed by atoms with E-state index in [4.69, 9.17) is 0 Å². The second-order valence-electron chi connectivity index (χ2n) is 3.31. The van der Waals surface area contributed by atoms with Gasteiger partial charge in [-0.05, 0) is 6.42 Å². The monoisotopic (exact) mass is 172 g/mol. The molecule has 0 aromatic heterocycles. The molecule has 3 heteroatoms. The highest BCUT2D eigenvalue weighted by molar-refractivity contribution is 5.73. The van der Waals surface area contributed by atoms with E-state index in [2.05, 4.69) is 6.92 Å². The van der Waals surface area contributed by atoms with E-state index in [1.165, 1.54) is 12.8 Å². The molecule has 0 rings (SSSR count). The van der Waals surface area contributed by atoms with Crippen LogP contribution in [0.5, 0.6) is 0 Å². The Bertz CT molecular complexity index is 134. The smallest absolute Gasteiger partial charge is 0.319 e. The highest BCUT2D eigenvalue weighted by Crippen LogP contribution is 1.98. The van der Waals surface area contributed by atoms with Gasteiger partial charge in [0.2, 0.25) is 0 Å². The number of rotatable bonds is 4. The van der Waals surface area contributed by atoms with E-state index in [-0.39, 0.29) is 6.03 Å². The van der Waals surface area contributed by atoms with Crippen molar-refractivity contribution in [3.63, 3.8) is 0 Å². The summed E-state index contributed by atoms with van der Waals surface area (Å²) in [6, 6.07) is 0.0890. The van der Waals surface area contributed by atoms with Crippen molar-refractivity contribution in [2.24, 2.45) is 0 Å². The molecule has 0 fully saturated rings. The molecule has 0 aliphatic heterocycles. The van der Waals surface area contributed by atoms with Crippen LogP contribution in [0.1, 0.15) is 26.2 Å². The fourth-order valence-electron chi connectivity index (χ4n) is 1.04. The lowest BCUT2D eigenvalue weighted by molar-refractivity contribution is 0.181. The Labute approximate surface area is 75.3 Å². The molecule has 0 bridgehead atoms. The van der Waals surface area contributed by atoms with Gasteiger partial charge in [-0.15, -0.1) is 0 Å². The van der Waals surface area contributed by atoms with Crippen LogP contribution in [-0.4, -0.2) is 43.5 Å². The number of hydrogen-bond acceptors (Lipinski definition) is 1. The standard InChI is InChI=1S/C9H20N2O/c1-5-6-7-8-11(4)9(12)10(2)3/h5-8H2,1-4H3. The van der Waals surface area contributed by atoms with E-state index < -0.39 is 0 Å². The molecule has 2 amide bonds. The molecule has 0 atom stereocenters. The number of carbonyl (C=O) groups is 1. The Balaban J connectivity index is 3.57. The van der Waals surface area contributed by atoms with Gasteiger partial charge in [0.1, 0.15) is 0 Å². The first-order chi connectivity index (χ1) is 5.59. The van der Waals surface area contributed by atoms with Crippen LogP contribution in [0.3, 0.4) is 0 Å². The zero-order valence-corrected chi connectivity index (χ0v) is 8.63. The fraction of sp³-hybridized carbons (Fsp3) is 0.889. The molecule has 3 nitrogen and oxygen atoms in total. The molecular formula is C9H20N2O. The predicted molar refractivity (Wildman–Crippen MR) is 51.2 cm³/mol. The molecule has 0 N–H and O–H groups in total. The summed E-state index contributed by atoms with van der Waals surface area (Å²) in [7, 11) is 5.40. The van der Waals surface area contributed by atoms with E-state index in [1.54, 1.807) is 23.9 Å². The predicted octanol–water partition coefficient (Wildman–Crippen LogP) is 1.79. The Hall–Kier alpha value is -0.730. The first-order valence-electron chi connectivity index (χ1n) is 4.52. The largest absolute Gasteiger partial charge is 0.331 e. The number of carbonyl (C=O) groups excluding carboxylic acids is 1.